The number of pyridine rings is 1. The summed E-state index contributed by atoms with van der Waals surface area (Å²) in [6, 6.07) is 7.69. The molecule has 1 atom stereocenters. The molecule has 32 heavy (non-hydrogen) atoms. The molecule has 9 nitrogen and oxygen atoms in total. The van der Waals surface area contributed by atoms with Gasteiger partial charge in [-0.3, -0.25) is 4.79 Å². The van der Waals surface area contributed by atoms with Crippen molar-refractivity contribution in [1.82, 2.24) is 19.7 Å². The molecule has 1 amide bonds. The zero-order valence-electron chi connectivity index (χ0n) is 17.0. The number of amides is 1. The van der Waals surface area contributed by atoms with Gasteiger partial charge in [-0.15, -0.1) is 10.2 Å². The molecule has 3 rings (SSSR count). The van der Waals surface area contributed by atoms with E-state index in [1.807, 2.05) is 20.0 Å². The smallest absolute Gasteiger partial charge is 0.321 e. The molecule has 3 aromatic rings. The third kappa shape index (κ3) is 5.48. The van der Waals surface area contributed by atoms with Crippen molar-refractivity contribution < 1.29 is 26.4 Å². The van der Waals surface area contributed by atoms with Gasteiger partial charge < -0.3 is 9.88 Å². The van der Waals surface area contributed by atoms with Crippen LogP contribution in [-0.4, -0.2) is 34.1 Å². The Labute approximate surface area is 181 Å². The van der Waals surface area contributed by atoms with Gasteiger partial charge in [0.15, 0.2) is 0 Å². The Balaban J connectivity index is 1.86. The quantitative estimate of drug-likeness (QED) is 0.571. The van der Waals surface area contributed by atoms with Crippen molar-refractivity contribution in [3.63, 3.8) is 0 Å². The van der Waals surface area contributed by atoms with Gasteiger partial charge in [-0.05, 0) is 35.7 Å². The number of halogens is 3. The molecule has 170 valence electrons. The van der Waals surface area contributed by atoms with Crippen LogP contribution in [0.5, 0.6) is 0 Å². The summed E-state index contributed by atoms with van der Waals surface area (Å²) in [7, 11) is -2.68. The van der Waals surface area contributed by atoms with Crippen molar-refractivity contribution >= 4 is 21.6 Å². The van der Waals surface area contributed by atoms with E-state index in [4.69, 9.17) is 5.14 Å². The summed E-state index contributed by atoms with van der Waals surface area (Å²) in [5.74, 6) is -0.259. The lowest BCUT2D eigenvalue weighted by Gasteiger charge is -2.14. The van der Waals surface area contributed by atoms with Crippen molar-refractivity contribution in [3.05, 3.63) is 65.5 Å². The van der Waals surface area contributed by atoms with Crippen LogP contribution in [0.15, 0.2) is 47.6 Å². The Hall–Kier alpha value is -3.32. The lowest BCUT2D eigenvalue weighted by atomic mass is 9.97. The van der Waals surface area contributed by atoms with E-state index < -0.39 is 38.4 Å². The molecular weight excluding hydrogens is 449 g/mol. The van der Waals surface area contributed by atoms with E-state index in [1.54, 1.807) is 29.1 Å². The molecule has 0 fully saturated rings. The van der Waals surface area contributed by atoms with Crippen molar-refractivity contribution in [1.29, 1.82) is 0 Å². The van der Waals surface area contributed by atoms with E-state index in [1.165, 1.54) is 0 Å². The Morgan fingerprint density at radius 3 is 2.56 bits per heavy atom. The number of benzene rings is 1. The maximum absolute atomic E-state index is 13.1. The van der Waals surface area contributed by atoms with Crippen LogP contribution in [0, 0.1) is 0 Å². The number of carbonyl (C=O) groups excluding carboxylic acids is 1. The Bertz CT molecular complexity index is 1260. The molecule has 0 bridgehead atoms. The molecule has 0 unspecified atom stereocenters. The fourth-order valence-corrected chi connectivity index (χ4v) is 3.48. The molecule has 0 radical (unpaired) electrons. The summed E-state index contributed by atoms with van der Waals surface area (Å²) in [4.78, 5) is 14.9. The summed E-state index contributed by atoms with van der Waals surface area (Å²) in [6.45, 7) is 1.95. The third-order valence-corrected chi connectivity index (χ3v) is 5.55. The number of carbonyl (C=O) groups is 1. The Morgan fingerprint density at radius 2 is 1.97 bits per heavy atom. The number of aryl methyl sites for hydroxylation is 1. The first-order valence-corrected chi connectivity index (χ1v) is 10.8. The van der Waals surface area contributed by atoms with Gasteiger partial charge in [-0.25, -0.2) is 18.5 Å². The van der Waals surface area contributed by atoms with Gasteiger partial charge in [0, 0.05) is 19.2 Å². The van der Waals surface area contributed by atoms with Crippen molar-refractivity contribution in [2.24, 2.45) is 12.2 Å². The van der Waals surface area contributed by atoms with Crippen LogP contribution in [-0.2, 0) is 29.7 Å². The number of rotatable bonds is 6. The fraction of sp³-hybridized carbons (Fsp3) is 0.263. The van der Waals surface area contributed by atoms with Crippen LogP contribution >= 0.6 is 0 Å². The van der Waals surface area contributed by atoms with Gasteiger partial charge in [0.05, 0.1) is 4.90 Å². The minimum atomic E-state index is -4.97. The molecule has 0 spiro atoms. The van der Waals surface area contributed by atoms with E-state index in [2.05, 4.69) is 20.5 Å². The van der Waals surface area contributed by atoms with E-state index >= 15 is 0 Å². The van der Waals surface area contributed by atoms with Crippen molar-refractivity contribution in [2.75, 3.05) is 5.32 Å². The van der Waals surface area contributed by atoms with Gasteiger partial charge in [-0.1, -0.05) is 19.1 Å². The Morgan fingerprint density at radius 1 is 1.25 bits per heavy atom. The lowest BCUT2D eigenvalue weighted by Crippen LogP contribution is -2.21. The largest absolute Gasteiger partial charge is 0.433 e. The highest BCUT2D eigenvalue weighted by Crippen LogP contribution is 2.30. The summed E-state index contributed by atoms with van der Waals surface area (Å²) in [5, 5.41) is 15.2. The van der Waals surface area contributed by atoms with Gasteiger partial charge in [0.1, 0.15) is 23.5 Å². The molecule has 3 N–H and O–H groups in total. The number of hydrogen-bond donors (Lipinski definition) is 2. The molecule has 0 aliphatic carbocycles. The van der Waals surface area contributed by atoms with Gasteiger partial charge >= 0.3 is 6.18 Å². The fourth-order valence-electron chi connectivity index (χ4n) is 2.93. The number of hydrogen-bond acceptors (Lipinski definition) is 6. The molecule has 1 aromatic carbocycles. The van der Waals surface area contributed by atoms with E-state index in [9.17, 15) is 26.4 Å². The topological polar surface area (TPSA) is 133 Å². The van der Waals surface area contributed by atoms with Gasteiger partial charge in [0.2, 0.25) is 10.0 Å². The first kappa shape index (κ1) is 23.3. The highest BCUT2D eigenvalue weighted by molar-refractivity contribution is 7.89. The molecule has 0 saturated carbocycles. The lowest BCUT2D eigenvalue weighted by molar-refractivity contribution is -0.141. The standard InChI is InChI=1S/C19H19F3N6O3S/c1-11(6-17-27-24-10-28(17)2)12-4-3-5-13(7-12)25-18(29)15-8-14(32(23,30)31)9-16(26-15)19(20,21)22/h3-5,7-11H,6H2,1-2H3,(H,25,29)(H2,23,30,31)/t11-/m1/s1. The predicted molar refractivity (Wildman–Crippen MR) is 108 cm³/mol. The SMILES string of the molecule is C[C@H](Cc1nncn1C)c1cccc(NC(=O)c2cc(S(N)(=O)=O)cc(C(F)(F)F)n2)c1. The Kier molecular flexibility index (Phi) is 6.32. The van der Waals surface area contributed by atoms with Crippen LogP contribution < -0.4 is 10.5 Å². The van der Waals surface area contributed by atoms with Crippen LogP contribution in [0.25, 0.3) is 0 Å². The number of nitrogens with two attached hydrogens (primary N) is 1. The van der Waals surface area contributed by atoms with Gasteiger partial charge in [-0.2, -0.15) is 13.2 Å². The number of alkyl halides is 3. The molecule has 2 aromatic heterocycles. The van der Waals surface area contributed by atoms with Crippen LogP contribution in [0.2, 0.25) is 0 Å². The number of nitrogens with one attached hydrogen (secondary N) is 1. The second-order valence-electron chi connectivity index (χ2n) is 7.16. The summed E-state index contributed by atoms with van der Waals surface area (Å²) in [5.41, 5.74) is -1.14. The molecule has 0 aliphatic rings. The average Bonchev–Trinajstić information content (AvgIpc) is 3.11. The maximum Gasteiger partial charge on any atom is 0.433 e. The highest BCUT2D eigenvalue weighted by Gasteiger charge is 2.35. The first-order chi connectivity index (χ1) is 14.8. The summed E-state index contributed by atoms with van der Waals surface area (Å²) in [6.07, 6.45) is -2.82. The van der Waals surface area contributed by atoms with Crippen LogP contribution in [0.4, 0.5) is 18.9 Å². The normalized spacial score (nSPS) is 13.1. The molecule has 0 saturated heterocycles. The second-order valence-corrected chi connectivity index (χ2v) is 8.72. The second kappa shape index (κ2) is 8.67. The number of aromatic nitrogens is 4. The highest BCUT2D eigenvalue weighted by atomic mass is 32.2. The average molecular weight is 468 g/mol. The summed E-state index contributed by atoms with van der Waals surface area (Å²) < 4.78 is 64.2. The number of sulfonamides is 1. The van der Waals surface area contributed by atoms with Crippen molar-refractivity contribution in [3.8, 4) is 0 Å². The zero-order chi connectivity index (χ0) is 23.7. The van der Waals surface area contributed by atoms with E-state index in [-0.39, 0.29) is 12.0 Å². The predicted octanol–water partition coefficient (Wildman–Crippen LogP) is 2.47. The van der Waals surface area contributed by atoms with Crippen LogP contribution in [0.3, 0.4) is 0 Å². The molecule has 2 heterocycles. The monoisotopic (exact) mass is 468 g/mol. The first-order valence-electron chi connectivity index (χ1n) is 9.21. The number of nitrogens with zero attached hydrogens (tertiary/aromatic N) is 4. The van der Waals surface area contributed by atoms with E-state index in [0.717, 1.165) is 11.4 Å². The number of primary sulfonamides is 1. The molecule has 13 heteroatoms. The minimum Gasteiger partial charge on any atom is -0.321 e. The van der Waals surface area contributed by atoms with Crippen molar-refractivity contribution in [2.45, 2.75) is 30.3 Å². The molecule has 0 aliphatic heterocycles. The maximum atomic E-state index is 13.1. The van der Waals surface area contributed by atoms with E-state index in [0.29, 0.717) is 18.2 Å². The number of anilines is 1. The van der Waals surface area contributed by atoms with Gasteiger partial charge in [0.25, 0.3) is 5.91 Å². The molecular formula is C19H19F3N6O3S. The van der Waals surface area contributed by atoms with Crippen LogP contribution in [0.1, 0.15) is 40.4 Å². The summed E-state index contributed by atoms with van der Waals surface area (Å²) >= 11 is 0. The third-order valence-electron chi connectivity index (χ3n) is 4.66. The zero-order valence-corrected chi connectivity index (χ0v) is 17.8. The minimum absolute atomic E-state index is 0.00424.